The Balaban J connectivity index is 1.75. The average molecular weight is 298 g/mol. The summed E-state index contributed by atoms with van der Waals surface area (Å²) in [6, 6.07) is 8.30. The molecule has 0 saturated heterocycles. The van der Waals surface area contributed by atoms with Gasteiger partial charge in [0.2, 0.25) is 0 Å². The zero-order valence-corrected chi connectivity index (χ0v) is 11.9. The van der Waals surface area contributed by atoms with Crippen molar-refractivity contribution >= 4 is 0 Å². The Morgan fingerprint density at radius 2 is 1.62 bits per heavy atom. The van der Waals surface area contributed by atoms with E-state index in [4.69, 9.17) is 5.73 Å². The van der Waals surface area contributed by atoms with Crippen LogP contribution in [0.1, 0.15) is 24.0 Å². The quantitative estimate of drug-likeness (QED) is 0.900. The lowest BCUT2D eigenvalue weighted by atomic mass is 9.79. The molecule has 0 aromatic heterocycles. The van der Waals surface area contributed by atoms with Gasteiger partial charge in [0.1, 0.15) is 0 Å². The van der Waals surface area contributed by atoms with Crippen LogP contribution in [0.25, 0.3) is 0 Å². The van der Waals surface area contributed by atoms with Gasteiger partial charge in [-0.15, -0.1) is 0 Å². The predicted octanol–water partition coefficient (Wildman–Crippen LogP) is 2.66. The fourth-order valence-corrected chi connectivity index (χ4v) is 4.05. The zero-order valence-electron chi connectivity index (χ0n) is 11.9. The predicted molar refractivity (Wildman–Crippen MR) is 75.9 cm³/mol. The molecule has 2 nitrogen and oxygen atoms in total. The summed E-state index contributed by atoms with van der Waals surface area (Å²) in [6.07, 6.45) is -0.372. The Labute approximate surface area is 122 Å². The topological polar surface area (TPSA) is 38.0 Å². The van der Waals surface area contributed by atoms with Gasteiger partial charge in [-0.3, -0.25) is 0 Å². The van der Waals surface area contributed by atoms with Gasteiger partial charge in [-0.1, -0.05) is 24.3 Å². The summed E-state index contributed by atoms with van der Waals surface area (Å²) >= 11 is 0. The average Bonchev–Trinajstić information content (AvgIpc) is 2.60. The molecule has 3 N–H and O–H groups in total. The fraction of sp³-hybridized carbons (Fsp3) is 0.625. The van der Waals surface area contributed by atoms with Crippen molar-refractivity contribution in [3.63, 3.8) is 0 Å². The van der Waals surface area contributed by atoms with E-state index in [0.717, 1.165) is 25.7 Å². The van der Waals surface area contributed by atoms with Crippen molar-refractivity contribution in [2.45, 2.75) is 37.4 Å². The zero-order chi connectivity index (χ0) is 15.1. The molecule has 0 amide bonds. The first-order chi connectivity index (χ1) is 9.88. The summed E-state index contributed by atoms with van der Waals surface area (Å²) in [5.74, 6) is 0.541. The molecule has 2 bridgehead atoms. The lowest BCUT2D eigenvalue weighted by Gasteiger charge is -2.35. The minimum atomic E-state index is -4.18. The highest BCUT2D eigenvalue weighted by Gasteiger charge is 2.48. The van der Waals surface area contributed by atoms with Crippen LogP contribution in [0.4, 0.5) is 13.2 Å². The molecule has 0 spiro atoms. The highest BCUT2D eigenvalue weighted by molar-refractivity contribution is 5.32. The van der Waals surface area contributed by atoms with Crippen LogP contribution < -0.4 is 11.1 Å². The molecular weight excluding hydrogens is 277 g/mol. The lowest BCUT2D eigenvalue weighted by molar-refractivity contribution is -0.125. The monoisotopic (exact) mass is 298 g/mol. The molecule has 1 aromatic carbocycles. The van der Waals surface area contributed by atoms with Gasteiger partial charge >= 0.3 is 6.18 Å². The van der Waals surface area contributed by atoms with E-state index in [2.05, 4.69) is 17.4 Å². The van der Waals surface area contributed by atoms with Gasteiger partial charge in [-0.2, -0.15) is 13.2 Å². The summed E-state index contributed by atoms with van der Waals surface area (Å²) in [7, 11) is 0. The second-order valence-electron chi connectivity index (χ2n) is 6.48. The Hall–Kier alpha value is -1.07. The molecule has 1 aromatic rings. The highest BCUT2D eigenvalue weighted by Crippen LogP contribution is 2.45. The van der Waals surface area contributed by atoms with Crippen molar-refractivity contribution in [2.24, 2.45) is 17.6 Å². The van der Waals surface area contributed by atoms with Crippen LogP contribution in [-0.4, -0.2) is 24.8 Å². The molecule has 5 heteroatoms. The van der Waals surface area contributed by atoms with Crippen LogP contribution in [0, 0.1) is 11.8 Å². The van der Waals surface area contributed by atoms with E-state index in [-0.39, 0.29) is 18.4 Å². The molecule has 3 rings (SSSR count). The Bertz CT molecular complexity index is 479. The van der Waals surface area contributed by atoms with Crippen molar-refractivity contribution in [3.8, 4) is 0 Å². The molecule has 0 aliphatic heterocycles. The van der Waals surface area contributed by atoms with Gasteiger partial charge in [0.05, 0.1) is 6.54 Å². The molecule has 2 aliphatic rings. The first-order valence-corrected chi connectivity index (χ1v) is 7.51. The number of nitrogens with one attached hydrogen (secondary N) is 1. The summed E-state index contributed by atoms with van der Waals surface area (Å²) in [6.45, 7) is -0.714. The van der Waals surface area contributed by atoms with Crippen LogP contribution >= 0.6 is 0 Å². The van der Waals surface area contributed by atoms with Gasteiger partial charge in [0.15, 0.2) is 0 Å². The fourth-order valence-electron chi connectivity index (χ4n) is 4.05. The number of halogens is 3. The summed E-state index contributed by atoms with van der Waals surface area (Å²) < 4.78 is 37.0. The van der Waals surface area contributed by atoms with Crippen molar-refractivity contribution in [2.75, 3.05) is 13.1 Å². The van der Waals surface area contributed by atoms with E-state index in [1.807, 2.05) is 12.1 Å². The number of hydrogen-bond donors (Lipinski definition) is 2. The van der Waals surface area contributed by atoms with Crippen LogP contribution in [0.15, 0.2) is 24.3 Å². The Morgan fingerprint density at radius 1 is 1.10 bits per heavy atom. The molecule has 116 valence electrons. The third kappa shape index (κ3) is 2.94. The van der Waals surface area contributed by atoms with E-state index in [9.17, 15) is 13.2 Å². The number of hydrogen-bond acceptors (Lipinski definition) is 2. The Kier molecular flexibility index (Phi) is 3.74. The number of rotatable bonds is 3. The minimum absolute atomic E-state index is 0.246. The standard InChI is InChI=1S/C16H21F3N2/c17-16(18,19)10-21-9-15(20)13-5-6-14(15)8-12-4-2-1-3-11(12)7-13/h1-4,13-14,21H,5-10,20H2/t13-,14+,15?. The minimum Gasteiger partial charge on any atom is -0.324 e. The molecule has 0 radical (unpaired) electrons. The summed E-state index contributed by atoms with van der Waals surface area (Å²) in [5, 5.41) is 2.54. The number of benzene rings is 1. The van der Waals surface area contributed by atoms with Crippen LogP contribution in [0.5, 0.6) is 0 Å². The second kappa shape index (κ2) is 5.29. The van der Waals surface area contributed by atoms with Crippen molar-refractivity contribution in [1.29, 1.82) is 0 Å². The normalized spacial score (nSPS) is 31.8. The summed E-state index contributed by atoms with van der Waals surface area (Å²) in [5.41, 5.74) is 8.69. The third-order valence-corrected chi connectivity index (χ3v) is 5.19. The maximum atomic E-state index is 12.3. The molecule has 21 heavy (non-hydrogen) atoms. The van der Waals surface area contributed by atoms with Gasteiger partial charge in [-0.25, -0.2) is 0 Å². The van der Waals surface area contributed by atoms with E-state index in [1.54, 1.807) is 0 Å². The van der Waals surface area contributed by atoms with Crippen LogP contribution in [-0.2, 0) is 12.8 Å². The second-order valence-corrected chi connectivity index (χ2v) is 6.48. The smallest absolute Gasteiger partial charge is 0.324 e. The maximum Gasteiger partial charge on any atom is 0.401 e. The van der Waals surface area contributed by atoms with Gasteiger partial charge in [0.25, 0.3) is 0 Å². The highest BCUT2D eigenvalue weighted by atomic mass is 19.4. The summed E-state index contributed by atoms with van der Waals surface area (Å²) in [4.78, 5) is 0. The third-order valence-electron chi connectivity index (χ3n) is 5.19. The number of alkyl halides is 3. The maximum absolute atomic E-state index is 12.3. The van der Waals surface area contributed by atoms with Crippen molar-refractivity contribution < 1.29 is 13.2 Å². The molecule has 1 fully saturated rings. The first kappa shape index (κ1) is 14.9. The molecule has 3 atom stereocenters. The van der Waals surface area contributed by atoms with Gasteiger partial charge in [-0.05, 0) is 48.6 Å². The van der Waals surface area contributed by atoms with E-state index in [1.165, 1.54) is 11.1 Å². The number of nitrogens with two attached hydrogens (primary N) is 1. The molecule has 2 aliphatic carbocycles. The number of fused-ring (bicyclic) bond motifs is 3. The van der Waals surface area contributed by atoms with Crippen molar-refractivity contribution in [3.05, 3.63) is 35.4 Å². The molecular formula is C16H21F3N2. The van der Waals surface area contributed by atoms with Crippen LogP contribution in [0.2, 0.25) is 0 Å². The largest absolute Gasteiger partial charge is 0.401 e. The van der Waals surface area contributed by atoms with Crippen LogP contribution in [0.3, 0.4) is 0 Å². The lowest BCUT2D eigenvalue weighted by Crippen LogP contribution is -2.57. The van der Waals surface area contributed by atoms with E-state index < -0.39 is 18.3 Å². The molecule has 1 saturated carbocycles. The van der Waals surface area contributed by atoms with Gasteiger partial charge < -0.3 is 11.1 Å². The van der Waals surface area contributed by atoms with E-state index in [0.29, 0.717) is 0 Å². The SMILES string of the molecule is NC1(CNCC(F)(F)F)[C@@H]2CC[C@H]1Cc1ccccc1C2. The van der Waals surface area contributed by atoms with Crippen molar-refractivity contribution in [1.82, 2.24) is 5.32 Å². The first-order valence-electron chi connectivity index (χ1n) is 7.51. The molecule has 0 heterocycles. The Morgan fingerprint density at radius 3 is 2.10 bits per heavy atom. The van der Waals surface area contributed by atoms with E-state index >= 15 is 0 Å². The van der Waals surface area contributed by atoms with Gasteiger partial charge in [0, 0.05) is 12.1 Å². The molecule has 1 unspecified atom stereocenters.